The molecule has 1 aromatic carbocycles. The van der Waals surface area contributed by atoms with Crippen molar-refractivity contribution in [2.75, 3.05) is 19.0 Å². The van der Waals surface area contributed by atoms with Gasteiger partial charge in [-0.15, -0.1) is 0 Å². The second-order valence-corrected chi connectivity index (χ2v) is 3.44. The molecule has 0 atom stereocenters. The summed E-state index contributed by atoms with van der Waals surface area (Å²) >= 11 is 0. The molecular weight excluding hydrogens is 176 g/mol. The van der Waals surface area contributed by atoms with Gasteiger partial charge in [-0.05, 0) is 6.07 Å². The predicted molar refractivity (Wildman–Crippen MR) is 58.9 cm³/mol. The van der Waals surface area contributed by atoms with Gasteiger partial charge in [0.15, 0.2) is 0 Å². The summed E-state index contributed by atoms with van der Waals surface area (Å²) in [6.45, 7) is 0. The molecule has 14 heavy (non-hydrogen) atoms. The Morgan fingerprint density at radius 3 is 2.43 bits per heavy atom. The molecule has 3 heteroatoms. The summed E-state index contributed by atoms with van der Waals surface area (Å²) in [5.41, 5.74) is 0.992. The van der Waals surface area contributed by atoms with Crippen molar-refractivity contribution in [2.24, 2.45) is 0 Å². The number of aromatic nitrogens is 1. The van der Waals surface area contributed by atoms with Gasteiger partial charge in [0.1, 0.15) is 0 Å². The van der Waals surface area contributed by atoms with E-state index in [1.54, 1.807) is 6.20 Å². The number of nitrogens with one attached hydrogen (secondary N) is 1. The van der Waals surface area contributed by atoms with E-state index in [2.05, 4.69) is 4.98 Å². The van der Waals surface area contributed by atoms with Crippen molar-refractivity contribution >= 4 is 16.5 Å². The molecule has 0 saturated heterocycles. The normalized spacial score (nSPS) is 10.4. The molecule has 0 bridgehead atoms. The minimum atomic E-state index is -0.0359. The van der Waals surface area contributed by atoms with Crippen LogP contribution < -0.4 is 10.5 Å². The topological polar surface area (TPSA) is 36.1 Å². The molecule has 0 spiro atoms. The average molecular weight is 188 g/mol. The van der Waals surface area contributed by atoms with Gasteiger partial charge in [-0.1, -0.05) is 18.2 Å². The molecule has 72 valence electrons. The molecule has 0 amide bonds. The lowest BCUT2D eigenvalue weighted by Gasteiger charge is -2.14. The van der Waals surface area contributed by atoms with Gasteiger partial charge in [-0.2, -0.15) is 0 Å². The third-order valence-electron chi connectivity index (χ3n) is 2.27. The molecule has 0 saturated carbocycles. The maximum atomic E-state index is 11.5. The number of H-pyrrole nitrogens is 1. The molecule has 0 unspecified atom stereocenters. The largest absolute Gasteiger partial charge is 0.376 e. The molecule has 1 aromatic heterocycles. The third-order valence-corrected chi connectivity index (χ3v) is 2.27. The van der Waals surface area contributed by atoms with Crippen molar-refractivity contribution in [3.63, 3.8) is 0 Å². The van der Waals surface area contributed by atoms with Gasteiger partial charge in [-0.3, -0.25) is 4.79 Å². The van der Waals surface area contributed by atoms with Crippen molar-refractivity contribution in [3.8, 4) is 0 Å². The van der Waals surface area contributed by atoms with Crippen LogP contribution >= 0.6 is 0 Å². The number of anilines is 1. The van der Waals surface area contributed by atoms with Crippen molar-refractivity contribution in [1.82, 2.24) is 4.98 Å². The Bertz CT molecular complexity index is 514. The molecule has 0 aliphatic carbocycles. The highest BCUT2D eigenvalue weighted by Crippen LogP contribution is 2.20. The number of fused-ring (bicyclic) bond motifs is 1. The lowest BCUT2D eigenvalue weighted by molar-refractivity contribution is 1.12. The highest BCUT2D eigenvalue weighted by molar-refractivity contribution is 5.92. The van der Waals surface area contributed by atoms with Crippen LogP contribution in [0.3, 0.4) is 0 Å². The molecule has 0 fully saturated rings. The number of nitrogens with zero attached hydrogens (tertiary/aromatic N) is 1. The smallest absolute Gasteiger partial charge is 0.255 e. The zero-order valence-corrected chi connectivity index (χ0v) is 8.24. The van der Waals surface area contributed by atoms with Crippen LogP contribution in [-0.2, 0) is 0 Å². The van der Waals surface area contributed by atoms with Crippen LogP contribution in [0, 0.1) is 0 Å². The number of pyridine rings is 1. The standard InChI is InChI=1S/C11H12N2O/c1-13(2)10-7-12-11(14)9-6-4-3-5-8(9)10/h3-7H,1-2H3,(H,12,14). The van der Waals surface area contributed by atoms with E-state index >= 15 is 0 Å². The molecular formula is C11H12N2O. The fraction of sp³-hybridized carbons (Fsp3) is 0.182. The first kappa shape index (κ1) is 8.81. The summed E-state index contributed by atoms with van der Waals surface area (Å²) < 4.78 is 0. The summed E-state index contributed by atoms with van der Waals surface area (Å²) in [4.78, 5) is 16.2. The molecule has 2 rings (SSSR count). The van der Waals surface area contributed by atoms with E-state index < -0.39 is 0 Å². The zero-order chi connectivity index (χ0) is 10.1. The number of hydrogen-bond acceptors (Lipinski definition) is 2. The second-order valence-electron chi connectivity index (χ2n) is 3.44. The highest BCUT2D eigenvalue weighted by Gasteiger charge is 2.04. The van der Waals surface area contributed by atoms with Gasteiger partial charge in [0.25, 0.3) is 5.56 Å². The van der Waals surface area contributed by atoms with Gasteiger partial charge in [0, 0.05) is 31.1 Å². The van der Waals surface area contributed by atoms with Crippen molar-refractivity contribution in [2.45, 2.75) is 0 Å². The van der Waals surface area contributed by atoms with E-state index in [-0.39, 0.29) is 5.56 Å². The fourth-order valence-electron chi connectivity index (χ4n) is 1.56. The van der Waals surface area contributed by atoms with Crippen molar-refractivity contribution in [3.05, 3.63) is 40.8 Å². The third kappa shape index (κ3) is 1.27. The second kappa shape index (κ2) is 3.18. The van der Waals surface area contributed by atoms with E-state index in [0.29, 0.717) is 0 Å². The van der Waals surface area contributed by atoms with Gasteiger partial charge in [-0.25, -0.2) is 0 Å². The maximum absolute atomic E-state index is 11.5. The SMILES string of the molecule is CN(C)c1c[nH]c(=O)c2ccccc12. The van der Waals surface area contributed by atoms with Crippen molar-refractivity contribution < 1.29 is 0 Å². The predicted octanol–water partition coefficient (Wildman–Crippen LogP) is 1.59. The van der Waals surface area contributed by atoms with E-state index in [0.717, 1.165) is 16.5 Å². The zero-order valence-electron chi connectivity index (χ0n) is 8.24. The Hall–Kier alpha value is -1.77. The van der Waals surface area contributed by atoms with Crippen LogP contribution in [0.5, 0.6) is 0 Å². The lowest BCUT2D eigenvalue weighted by Crippen LogP contribution is -2.13. The summed E-state index contributed by atoms with van der Waals surface area (Å²) in [6.07, 6.45) is 1.74. The quantitative estimate of drug-likeness (QED) is 0.737. The highest BCUT2D eigenvalue weighted by atomic mass is 16.1. The first-order valence-electron chi connectivity index (χ1n) is 4.48. The van der Waals surface area contributed by atoms with E-state index in [4.69, 9.17) is 0 Å². The van der Waals surface area contributed by atoms with E-state index in [1.807, 2.05) is 43.3 Å². The van der Waals surface area contributed by atoms with Crippen LogP contribution in [0.1, 0.15) is 0 Å². The Kier molecular flexibility index (Phi) is 2.00. The Balaban J connectivity index is 2.89. The first-order chi connectivity index (χ1) is 6.70. The van der Waals surface area contributed by atoms with Crippen LogP contribution in [0.25, 0.3) is 10.8 Å². The van der Waals surface area contributed by atoms with Crippen LogP contribution in [0.15, 0.2) is 35.3 Å². The number of benzene rings is 1. The molecule has 1 heterocycles. The molecule has 2 aromatic rings. The van der Waals surface area contributed by atoms with Gasteiger partial charge in [0.2, 0.25) is 0 Å². The summed E-state index contributed by atoms with van der Waals surface area (Å²) in [7, 11) is 3.92. The molecule has 1 N–H and O–H groups in total. The minimum Gasteiger partial charge on any atom is -0.376 e. The number of hydrogen-bond donors (Lipinski definition) is 1. The van der Waals surface area contributed by atoms with Gasteiger partial charge < -0.3 is 9.88 Å². The Labute approximate surface area is 82.0 Å². The summed E-state index contributed by atoms with van der Waals surface area (Å²) in [5.74, 6) is 0. The monoisotopic (exact) mass is 188 g/mol. The van der Waals surface area contributed by atoms with Gasteiger partial charge in [0.05, 0.1) is 5.69 Å². The van der Waals surface area contributed by atoms with Crippen molar-refractivity contribution in [1.29, 1.82) is 0 Å². The molecule has 0 aliphatic heterocycles. The fourth-order valence-corrected chi connectivity index (χ4v) is 1.56. The lowest BCUT2D eigenvalue weighted by atomic mass is 10.1. The van der Waals surface area contributed by atoms with Crippen LogP contribution in [0.2, 0.25) is 0 Å². The molecule has 3 nitrogen and oxygen atoms in total. The average Bonchev–Trinajstić information content (AvgIpc) is 2.18. The maximum Gasteiger partial charge on any atom is 0.255 e. The van der Waals surface area contributed by atoms with Crippen LogP contribution in [-0.4, -0.2) is 19.1 Å². The van der Waals surface area contributed by atoms with Crippen LogP contribution in [0.4, 0.5) is 5.69 Å². The summed E-state index contributed by atoms with van der Waals surface area (Å²) in [6, 6.07) is 7.60. The summed E-state index contributed by atoms with van der Waals surface area (Å²) in [5, 5.41) is 1.72. The van der Waals surface area contributed by atoms with E-state index in [9.17, 15) is 4.79 Å². The van der Waals surface area contributed by atoms with Gasteiger partial charge >= 0.3 is 0 Å². The Morgan fingerprint density at radius 1 is 1.14 bits per heavy atom. The Morgan fingerprint density at radius 2 is 1.79 bits per heavy atom. The molecule has 0 radical (unpaired) electrons. The minimum absolute atomic E-state index is 0.0359. The first-order valence-corrected chi connectivity index (χ1v) is 4.48. The number of rotatable bonds is 1. The van der Waals surface area contributed by atoms with E-state index in [1.165, 1.54) is 0 Å². The molecule has 0 aliphatic rings. The number of aromatic amines is 1.